The molecule has 83 heavy (non-hydrogen) atoms. The van der Waals surface area contributed by atoms with Crippen molar-refractivity contribution < 1.29 is 28.6 Å². The smallest absolute Gasteiger partial charge is 0.306 e. The van der Waals surface area contributed by atoms with Gasteiger partial charge >= 0.3 is 17.9 Å². The monoisotopic (exact) mass is 1160 g/mol. The zero-order valence-electron chi connectivity index (χ0n) is 54.9. The van der Waals surface area contributed by atoms with E-state index in [9.17, 15) is 14.4 Å². The summed E-state index contributed by atoms with van der Waals surface area (Å²) < 4.78 is 17.0. The van der Waals surface area contributed by atoms with Crippen LogP contribution >= 0.6 is 0 Å². The predicted octanol–water partition coefficient (Wildman–Crippen LogP) is 24.8. The fraction of sp³-hybridized carbons (Fsp3) is 0.753. The molecule has 0 rings (SSSR count). The number of allylic oxidation sites excluding steroid dienone is 16. The fourth-order valence-corrected chi connectivity index (χ4v) is 10.2. The Labute approximate surface area is 515 Å². The van der Waals surface area contributed by atoms with Crippen molar-refractivity contribution in [3.05, 3.63) is 97.2 Å². The van der Waals surface area contributed by atoms with Crippen molar-refractivity contribution in [2.75, 3.05) is 13.2 Å². The molecule has 0 saturated carbocycles. The summed E-state index contributed by atoms with van der Waals surface area (Å²) in [7, 11) is 0. The highest BCUT2D eigenvalue weighted by Gasteiger charge is 2.19. The van der Waals surface area contributed by atoms with E-state index in [0.717, 1.165) is 135 Å². The first kappa shape index (κ1) is 79.3. The Balaban J connectivity index is 4.31. The third-order valence-electron chi connectivity index (χ3n) is 15.6. The van der Waals surface area contributed by atoms with E-state index >= 15 is 0 Å². The quantitative estimate of drug-likeness (QED) is 0.0261. The minimum absolute atomic E-state index is 0.0903. The van der Waals surface area contributed by atoms with E-state index < -0.39 is 6.10 Å². The molecule has 0 aromatic carbocycles. The molecule has 0 fully saturated rings. The first-order valence-electron chi connectivity index (χ1n) is 35.7. The van der Waals surface area contributed by atoms with Gasteiger partial charge in [0.25, 0.3) is 0 Å². The number of unbranched alkanes of at least 4 members (excludes halogenated alkanes) is 38. The summed E-state index contributed by atoms with van der Waals surface area (Å²) in [6.45, 7) is 6.50. The molecule has 0 aromatic heterocycles. The highest BCUT2D eigenvalue weighted by molar-refractivity contribution is 5.71. The largest absolute Gasteiger partial charge is 0.462 e. The van der Waals surface area contributed by atoms with Crippen molar-refractivity contribution in [1.82, 2.24) is 0 Å². The summed E-state index contributed by atoms with van der Waals surface area (Å²) in [6, 6.07) is 0. The van der Waals surface area contributed by atoms with Gasteiger partial charge in [-0.15, -0.1) is 0 Å². The maximum absolute atomic E-state index is 12.9. The van der Waals surface area contributed by atoms with Gasteiger partial charge in [0, 0.05) is 19.3 Å². The molecule has 6 heteroatoms. The molecule has 0 N–H and O–H groups in total. The van der Waals surface area contributed by atoms with E-state index in [2.05, 4.69) is 118 Å². The summed E-state index contributed by atoms with van der Waals surface area (Å²) >= 11 is 0. The summed E-state index contributed by atoms with van der Waals surface area (Å²) in [5, 5.41) is 0. The third-order valence-corrected chi connectivity index (χ3v) is 15.6. The van der Waals surface area contributed by atoms with Crippen LogP contribution in [-0.4, -0.2) is 37.2 Å². The molecule has 1 atom stereocenters. The first-order valence-corrected chi connectivity index (χ1v) is 35.7. The van der Waals surface area contributed by atoms with Crippen LogP contribution in [0.25, 0.3) is 0 Å². The van der Waals surface area contributed by atoms with Gasteiger partial charge in [-0.2, -0.15) is 0 Å². The number of esters is 3. The molecule has 478 valence electrons. The van der Waals surface area contributed by atoms with Crippen LogP contribution in [0.15, 0.2) is 97.2 Å². The molecular formula is C77H134O6. The third kappa shape index (κ3) is 69.0. The molecule has 0 heterocycles. The highest BCUT2D eigenvalue weighted by atomic mass is 16.6. The van der Waals surface area contributed by atoms with Gasteiger partial charge < -0.3 is 14.2 Å². The molecular weight excluding hydrogens is 1020 g/mol. The number of hydrogen-bond donors (Lipinski definition) is 0. The van der Waals surface area contributed by atoms with Crippen LogP contribution in [0.1, 0.15) is 355 Å². The average molecular weight is 1160 g/mol. The number of ether oxygens (including phenoxy) is 3. The highest BCUT2D eigenvalue weighted by Crippen LogP contribution is 2.18. The van der Waals surface area contributed by atoms with E-state index in [4.69, 9.17) is 14.2 Å². The van der Waals surface area contributed by atoms with E-state index in [-0.39, 0.29) is 31.1 Å². The Kier molecular flexibility index (Phi) is 67.7. The van der Waals surface area contributed by atoms with Gasteiger partial charge in [-0.1, -0.05) is 336 Å². The Morgan fingerprint density at radius 2 is 0.482 bits per heavy atom. The number of hydrogen-bond acceptors (Lipinski definition) is 6. The number of rotatable bonds is 65. The van der Waals surface area contributed by atoms with E-state index in [1.54, 1.807) is 0 Å². The van der Waals surface area contributed by atoms with Crippen molar-refractivity contribution in [3.8, 4) is 0 Å². The molecule has 0 radical (unpaired) electrons. The lowest BCUT2D eigenvalue weighted by atomic mass is 10.0. The van der Waals surface area contributed by atoms with Gasteiger partial charge in [-0.3, -0.25) is 14.4 Å². The van der Waals surface area contributed by atoms with Crippen molar-refractivity contribution in [3.63, 3.8) is 0 Å². The van der Waals surface area contributed by atoms with Gasteiger partial charge in [0.2, 0.25) is 0 Å². The molecule has 6 nitrogen and oxygen atoms in total. The molecule has 0 aliphatic rings. The van der Waals surface area contributed by atoms with Crippen LogP contribution < -0.4 is 0 Å². The lowest BCUT2D eigenvalue weighted by molar-refractivity contribution is -0.167. The SMILES string of the molecule is CC/C=C\C/C=C\C/C=C\C/C=C\C/C=C\C/C=C\CCCCCCC(=O)OC(COC(=O)CCCCCCC/C=C\C/C=C\CCCC)COC(=O)CCCCCCCCCCCCCCCCCCCCCCCCCCCCCC. The zero-order valence-corrected chi connectivity index (χ0v) is 54.9. The van der Waals surface area contributed by atoms with Gasteiger partial charge in [-0.05, 0) is 96.3 Å². The Bertz CT molecular complexity index is 1610. The number of carbonyl (C=O) groups excluding carboxylic acids is 3. The van der Waals surface area contributed by atoms with Crippen molar-refractivity contribution in [2.24, 2.45) is 0 Å². The Morgan fingerprint density at radius 3 is 0.771 bits per heavy atom. The van der Waals surface area contributed by atoms with E-state index in [0.29, 0.717) is 19.3 Å². The van der Waals surface area contributed by atoms with Crippen LogP contribution in [0.5, 0.6) is 0 Å². The molecule has 0 saturated heterocycles. The second kappa shape index (κ2) is 70.8. The minimum atomic E-state index is -0.799. The Morgan fingerprint density at radius 1 is 0.253 bits per heavy atom. The van der Waals surface area contributed by atoms with Crippen LogP contribution in [0.2, 0.25) is 0 Å². The van der Waals surface area contributed by atoms with Crippen molar-refractivity contribution in [2.45, 2.75) is 361 Å². The zero-order chi connectivity index (χ0) is 59.9. The maximum Gasteiger partial charge on any atom is 0.306 e. The minimum Gasteiger partial charge on any atom is -0.462 e. The molecule has 0 spiro atoms. The first-order chi connectivity index (χ1) is 41.0. The fourth-order valence-electron chi connectivity index (χ4n) is 10.2. The molecule has 0 aliphatic carbocycles. The van der Waals surface area contributed by atoms with Gasteiger partial charge in [0.05, 0.1) is 0 Å². The lowest BCUT2D eigenvalue weighted by Gasteiger charge is -2.18. The molecule has 0 amide bonds. The second-order valence-electron chi connectivity index (χ2n) is 23.8. The van der Waals surface area contributed by atoms with Crippen LogP contribution in [-0.2, 0) is 28.6 Å². The molecule has 0 aromatic rings. The standard InChI is InChI=1S/C77H134O6/c1-4-7-10-13-16-19-22-25-28-30-32-34-36-37-38-39-40-42-43-45-47-49-52-55-58-61-64-67-70-76(79)82-73-74(72-81-75(78)69-66-63-60-57-54-51-27-24-21-18-15-12-9-6-3)83-77(80)71-68-65-62-59-56-53-50-48-46-44-41-35-33-31-29-26-23-20-17-14-11-8-5-2/h8,11,15,17-18,20,24,26-27,29,33,35,44,46,50,53,74H,4-7,9-10,12-14,16,19,21-23,25,28,30-32,34,36-43,45,47-49,51-52,54-73H2,1-3H3/b11-8-,18-15-,20-17-,27-24-,29-26-,35-33-,46-44-,53-50-. The molecule has 0 bridgehead atoms. The average Bonchev–Trinajstić information content (AvgIpc) is 3.49. The molecule has 1 unspecified atom stereocenters. The topological polar surface area (TPSA) is 78.9 Å². The molecule has 0 aliphatic heterocycles. The van der Waals surface area contributed by atoms with Crippen LogP contribution in [0, 0.1) is 0 Å². The van der Waals surface area contributed by atoms with Gasteiger partial charge in [0.1, 0.15) is 13.2 Å². The van der Waals surface area contributed by atoms with E-state index in [1.807, 2.05) is 0 Å². The van der Waals surface area contributed by atoms with Gasteiger partial charge in [0.15, 0.2) is 6.10 Å². The summed E-state index contributed by atoms with van der Waals surface area (Å²) in [4.78, 5) is 38.4. The lowest BCUT2D eigenvalue weighted by Crippen LogP contribution is -2.30. The maximum atomic E-state index is 12.9. The van der Waals surface area contributed by atoms with E-state index in [1.165, 1.54) is 180 Å². The predicted molar refractivity (Wildman–Crippen MR) is 362 cm³/mol. The summed E-state index contributed by atoms with van der Waals surface area (Å²) in [6.07, 6.45) is 95.9. The van der Waals surface area contributed by atoms with Crippen LogP contribution in [0.4, 0.5) is 0 Å². The number of carbonyl (C=O) groups is 3. The Hall–Kier alpha value is -3.67. The van der Waals surface area contributed by atoms with Crippen LogP contribution in [0.3, 0.4) is 0 Å². The van der Waals surface area contributed by atoms with Crippen molar-refractivity contribution in [1.29, 1.82) is 0 Å². The van der Waals surface area contributed by atoms with Gasteiger partial charge in [-0.25, -0.2) is 0 Å². The normalized spacial score (nSPS) is 12.7. The van der Waals surface area contributed by atoms with Crippen molar-refractivity contribution >= 4 is 17.9 Å². The second-order valence-corrected chi connectivity index (χ2v) is 23.8. The summed E-state index contributed by atoms with van der Waals surface area (Å²) in [5.41, 5.74) is 0. The summed E-state index contributed by atoms with van der Waals surface area (Å²) in [5.74, 6) is -0.915.